The molecule has 1 aromatic heterocycles. The number of rotatable bonds is 2. The normalized spacial score (nSPS) is 8.53. The molecule has 1 rings (SSSR count). The second kappa shape index (κ2) is 11.0. The van der Waals surface area contributed by atoms with Gasteiger partial charge in [-0.25, -0.2) is 25.0 Å². The number of thiazole rings is 1. The highest BCUT2D eigenvalue weighted by Gasteiger charge is 2.11. The molecule has 0 aliphatic carbocycles. The van der Waals surface area contributed by atoms with Crippen LogP contribution in [0.2, 0.25) is 0 Å². The molecule has 0 aliphatic heterocycles. The molecule has 0 radical (unpaired) electrons. The van der Waals surface area contributed by atoms with Crippen LogP contribution in [0.15, 0.2) is 17.1 Å². The summed E-state index contributed by atoms with van der Waals surface area (Å²) in [6.45, 7) is 3.45. The topological polar surface area (TPSA) is 107 Å². The lowest BCUT2D eigenvalue weighted by molar-refractivity contribution is 0.146. The van der Waals surface area contributed by atoms with E-state index in [1.807, 2.05) is 5.38 Å². The molecular formula is C10H15N3O5S. The second-order valence-electron chi connectivity index (χ2n) is 2.70. The van der Waals surface area contributed by atoms with Crippen LogP contribution in [0.3, 0.4) is 0 Å². The molecule has 0 fully saturated rings. The highest BCUT2D eigenvalue weighted by atomic mass is 32.1. The zero-order valence-electron chi connectivity index (χ0n) is 10.5. The maximum absolute atomic E-state index is 10.8. The molecule has 0 aromatic carbocycles. The number of nitrogens with zero attached hydrogens (tertiary/aromatic N) is 1. The van der Waals surface area contributed by atoms with E-state index in [0.717, 1.165) is 0 Å². The minimum absolute atomic E-state index is 0.137. The molecule has 1 aromatic rings. The van der Waals surface area contributed by atoms with Crippen molar-refractivity contribution in [3.05, 3.63) is 17.1 Å². The van der Waals surface area contributed by atoms with Crippen molar-refractivity contribution in [1.29, 1.82) is 0 Å². The fourth-order valence-corrected chi connectivity index (χ4v) is 1.08. The maximum atomic E-state index is 10.8. The van der Waals surface area contributed by atoms with E-state index < -0.39 is 18.2 Å². The first-order chi connectivity index (χ1) is 9.10. The molecular weight excluding hydrogens is 274 g/mol. The highest BCUT2D eigenvalue weighted by Crippen LogP contribution is 1.86. The summed E-state index contributed by atoms with van der Waals surface area (Å²) in [4.78, 5) is 35.8. The summed E-state index contributed by atoms with van der Waals surface area (Å²) < 4.78 is 8.78. The number of carbonyl (C=O) groups is 3. The van der Waals surface area contributed by atoms with Crippen molar-refractivity contribution in [2.24, 2.45) is 0 Å². The van der Waals surface area contributed by atoms with Gasteiger partial charge in [-0.05, 0) is 13.8 Å². The molecule has 1 heterocycles. The number of imide groups is 2. The predicted molar refractivity (Wildman–Crippen MR) is 67.8 cm³/mol. The Hall–Kier alpha value is -2.16. The molecule has 9 heteroatoms. The first kappa shape index (κ1) is 16.8. The number of nitrogens with one attached hydrogen (secondary N) is 2. The molecule has 2 N–H and O–H groups in total. The molecule has 0 saturated heterocycles. The third-order valence-corrected chi connectivity index (χ3v) is 1.85. The number of ether oxygens (including phenoxy) is 2. The van der Waals surface area contributed by atoms with E-state index >= 15 is 0 Å². The lowest BCUT2D eigenvalue weighted by Gasteiger charge is -2.04. The van der Waals surface area contributed by atoms with Gasteiger partial charge in [0, 0.05) is 11.6 Å². The summed E-state index contributed by atoms with van der Waals surface area (Å²) in [5.74, 6) is 0. The molecule has 19 heavy (non-hydrogen) atoms. The maximum Gasteiger partial charge on any atom is 0.415 e. The monoisotopic (exact) mass is 289 g/mol. The molecule has 0 bridgehead atoms. The first-order valence-electron chi connectivity index (χ1n) is 5.33. The molecule has 4 amide bonds. The van der Waals surface area contributed by atoms with Gasteiger partial charge in [0.2, 0.25) is 0 Å². The number of carbonyl (C=O) groups excluding carboxylic acids is 3. The van der Waals surface area contributed by atoms with Crippen LogP contribution in [-0.2, 0) is 9.47 Å². The second-order valence-corrected chi connectivity index (χ2v) is 3.45. The number of urea groups is 1. The van der Waals surface area contributed by atoms with Gasteiger partial charge in [0.15, 0.2) is 0 Å². The van der Waals surface area contributed by atoms with Crippen molar-refractivity contribution < 1.29 is 23.9 Å². The van der Waals surface area contributed by atoms with E-state index in [2.05, 4.69) is 14.5 Å². The van der Waals surface area contributed by atoms with Crippen LogP contribution in [0, 0.1) is 0 Å². The van der Waals surface area contributed by atoms with Gasteiger partial charge in [0.1, 0.15) is 0 Å². The largest absolute Gasteiger partial charge is 0.450 e. The molecule has 8 nitrogen and oxygen atoms in total. The van der Waals surface area contributed by atoms with Gasteiger partial charge < -0.3 is 9.47 Å². The summed E-state index contributed by atoms with van der Waals surface area (Å²) in [5.41, 5.74) is 1.79. The van der Waals surface area contributed by atoms with Crippen LogP contribution < -0.4 is 10.6 Å². The lowest BCUT2D eigenvalue weighted by atomic mass is 10.8. The zero-order chi connectivity index (χ0) is 14.5. The lowest BCUT2D eigenvalue weighted by Crippen LogP contribution is -2.42. The Balaban J connectivity index is 0.000000532. The quantitative estimate of drug-likeness (QED) is 0.858. The van der Waals surface area contributed by atoms with Gasteiger partial charge >= 0.3 is 18.2 Å². The fourth-order valence-electron chi connectivity index (χ4n) is 0.727. The van der Waals surface area contributed by atoms with Crippen LogP contribution in [0.5, 0.6) is 0 Å². The number of aromatic nitrogens is 1. The van der Waals surface area contributed by atoms with Crippen molar-refractivity contribution in [2.75, 3.05) is 13.2 Å². The Bertz CT molecular complexity index is 343. The predicted octanol–water partition coefficient (Wildman–Crippen LogP) is 1.74. The van der Waals surface area contributed by atoms with E-state index in [9.17, 15) is 14.4 Å². The Labute approximate surface area is 114 Å². The molecule has 0 unspecified atom stereocenters. The highest BCUT2D eigenvalue weighted by molar-refractivity contribution is 7.07. The molecule has 106 valence electrons. The molecule has 0 aliphatic rings. The van der Waals surface area contributed by atoms with E-state index in [1.54, 1.807) is 47.5 Å². The van der Waals surface area contributed by atoms with Crippen LogP contribution in [-0.4, -0.2) is 36.4 Å². The summed E-state index contributed by atoms with van der Waals surface area (Å²) in [6, 6.07) is -0.984. The van der Waals surface area contributed by atoms with Crippen LogP contribution >= 0.6 is 11.3 Å². The zero-order valence-corrected chi connectivity index (χ0v) is 11.4. The van der Waals surface area contributed by atoms with E-state index in [4.69, 9.17) is 0 Å². The molecule has 0 spiro atoms. The SMILES string of the molecule is CCOC(=O)NC(=O)NC(=O)OCC.c1cscn1. The van der Waals surface area contributed by atoms with E-state index in [0.29, 0.717) is 0 Å². The third-order valence-electron chi connectivity index (χ3n) is 1.33. The average molecular weight is 289 g/mol. The van der Waals surface area contributed by atoms with Crippen molar-refractivity contribution >= 4 is 29.6 Å². The summed E-state index contributed by atoms with van der Waals surface area (Å²) in [5, 5.41) is 5.45. The van der Waals surface area contributed by atoms with Crippen LogP contribution in [0.1, 0.15) is 13.8 Å². The summed E-state index contributed by atoms with van der Waals surface area (Å²) >= 11 is 1.60. The average Bonchev–Trinajstić information content (AvgIpc) is 2.87. The number of amides is 4. The molecule has 0 atom stereocenters. The first-order valence-corrected chi connectivity index (χ1v) is 6.28. The standard InChI is InChI=1S/C7H12N2O5.C3H3NS/c1-3-13-6(11)8-5(10)9-7(12)14-4-2;1-2-5-3-4-1/h3-4H2,1-2H3,(H2,8,9,10,11,12);1-3H. The fraction of sp³-hybridized carbons (Fsp3) is 0.400. The Morgan fingerprint density at radius 3 is 1.89 bits per heavy atom. The Morgan fingerprint density at radius 1 is 1.11 bits per heavy atom. The van der Waals surface area contributed by atoms with Crippen molar-refractivity contribution in [3.8, 4) is 0 Å². The number of hydrogen-bond donors (Lipinski definition) is 2. The number of alkyl carbamates (subject to hydrolysis) is 2. The Morgan fingerprint density at radius 2 is 1.63 bits per heavy atom. The Kier molecular flexibility index (Phi) is 9.71. The number of hydrogen-bond acceptors (Lipinski definition) is 7. The van der Waals surface area contributed by atoms with Gasteiger partial charge in [-0.3, -0.25) is 4.98 Å². The van der Waals surface area contributed by atoms with Gasteiger partial charge in [0.25, 0.3) is 0 Å². The summed E-state index contributed by atoms with van der Waals surface area (Å²) in [6.07, 6.45) is -0.0754. The smallest absolute Gasteiger partial charge is 0.415 e. The van der Waals surface area contributed by atoms with Gasteiger partial charge in [-0.1, -0.05) is 0 Å². The van der Waals surface area contributed by atoms with Gasteiger partial charge in [-0.15, -0.1) is 11.3 Å². The van der Waals surface area contributed by atoms with Crippen LogP contribution in [0.25, 0.3) is 0 Å². The van der Waals surface area contributed by atoms with Crippen molar-refractivity contribution in [3.63, 3.8) is 0 Å². The minimum Gasteiger partial charge on any atom is -0.450 e. The van der Waals surface area contributed by atoms with Crippen LogP contribution in [0.4, 0.5) is 14.4 Å². The van der Waals surface area contributed by atoms with Crippen molar-refractivity contribution in [2.45, 2.75) is 13.8 Å². The van der Waals surface area contributed by atoms with Gasteiger partial charge in [-0.2, -0.15) is 0 Å². The summed E-state index contributed by atoms with van der Waals surface area (Å²) in [7, 11) is 0. The van der Waals surface area contributed by atoms with E-state index in [1.165, 1.54) is 0 Å². The molecule has 0 saturated carbocycles. The third kappa shape index (κ3) is 10.7. The van der Waals surface area contributed by atoms with E-state index in [-0.39, 0.29) is 13.2 Å². The van der Waals surface area contributed by atoms with Gasteiger partial charge in [0.05, 0.1) is 18.7 Å². The van der Waals surface area contributed by atoms with Crippen molar-refractivity contribution in [1.82, 2.24) is 15.6 Å². The minimum atomic E-state index is -0.984.